The third-order valence-corrected chi connectivity index (χ3v) is 4.18. The number of nitrogens with two attached hydrogens (primary N) is 1. The average molecular weight is 306 g/mol. The molecular formula is C12H14N6O2S. The van der Waals surface area contributed by atoms with Crippen LogP contribution in [0.5, 0.6) is 0 Å². The Morgan fingerprint density at radius 1 is 1.43 bits per heavy atom. The Labute approximate surface area is 122 Å². The highest BCUT2D eigenvalue weighted by molar-refractivity contribution is 7.89. The van der Waals surface area contributed by atoms with Crippen LogP contribution >= 0.6 is 0 Å². The summed E-state index contributed by atoms with van der Waals surface area (Å²) in [6, 6.07) is 5.81. The molecule has 0 aliphatic carbocycles. The summed E-state index contributed by atoms with van der Waals surface area (Å²) in [5, 5.41) is 13.2. The van der Waals surface area contributed by atoms with Crippen LogP contribution in [0.25, 0.3) is 0 Å². The summed E-state index contributed by atoms with van der Waals surface area (Å²) in [5.41, 5.74) is 5.70. The smallest absolute Gasteiger partial charge is 0.242 e. The van der Waals surface area contributed by atoms with Crippen LogP contribution in [-0.2, 0) is 10.0 Å². The van der Waals surface area contributed by atoms with Crippen molar-refractivity contribution in [2.24, 2.45) is 5.73 Å². The van der Waals surface area contributed by atoms with E-state index in [4.69, 9.17) is 5.73 Å². The molecule has 0 saturated carbocycles. The van der Waals surface area contributed by atoms with Crippen LogP contribution in [0.1, 0.15) is 24.4 Å². The molecule has 9 heteroatoms. The second-order valence-electron chi connectivity index (χ2n) is 4.12. The lowest BCUT2D eigenvalue weighted by atomic mass is 10.2. The van der Waals surface area contributed by atoms with Gasteiger partial charge >= 0.3 is 0 Å². The van der Waals surface area contributed by atoms with Crippen molar-refractivity contribution in [2.75, 3.05) is 6.54 Å². The van der Waals surface area contributed by atoms with Crippen LogP contribution in [0.15, 0.2) is 29.2 Å². The quantitative estimate of drug-likeness (QED) is 0.657. The zero-order valence-corrected chi connectivity index (χ0v) is 12.1. The van der Waals surface area contributed by atoms with E-state index in [2.05, 4.69) is 37.2 Å². The minimum absolute atomic E-state index is 0.0845. The van der Waals surface area contributed by atoms with Gasteiger partial charge in [-0.2, -0.15) is 5.21 Å². The van der Waals surface area contributed by atoms with Crippen molar-refractivity contribution in [3.63, 3.8) is 0 Å². The number of sulfonamides is 1. The van der Waals surface area contributed by atoms with Gasteiger partial charge in [-0.25, -0.2) is 13.1 Å². The summed E-state index contributed by atoms with van der Waals surface area (Å²) in [6.45, 7) is 1.78. The topological polar surface area (TPSA) is 127 Å². The third kappa shape index (κ3) is 3.63. The molecule has 0 fully saturated rings. The van der Waals surface area contributed by atoms with Crippen molar-refractivity contribution in [1.29, 1.82) is 0 Å². The Kier molecular flexibility index (Phi) is 4.64. The molecule has 2 rings (SSSR count). The number of tetrazole rings is 1. The number of benzene rings is 1. The van der Waals surface area contributed by atoms with Crippen LogP contribution < -0.4 is 10.5 Å². The summed E-state index contributed by atoms with van der Waals surface area (Å²) in [4.78, 5) is 0.0845. The van der Waals surface area contributed by atoms with Gasteiger partial charge in [0.05, 0.1) is 17.5 Å². The molecule has 0 amide bonds. The number of H-pyrrole nitrogens is 1. The lowest BCUT2D eigenvalue weighted by molar-refractivity contribution is 0.559. The van der Waals surface area contributed by atoms with Crippen LogP contribution in [0, 0.1) is 11.8 Å². The Bertz CT molecular complexity index is 761. The van der Waals surface area contributed by atoms with Crippen molar-refractivity contribution in [3.8, 4) is 11.8 Å². The van der Waals surface area contributed by atoms with E-state index >= 15 is 0 Å². The zero-order valence-electron chi connectivity index (χ0n) is 11.2. The normalized spacial score (nSPS) is 12.5. The molecule has 110 valence electrons. The molecule has 1 unspecified atom stereocenters. The number of hydrogen-bond acceptors (Lipinski definition) is 6. The SMILES string of the molecule is CC(NS(=O)(=O)c1ccccc1C#CCN)c1nn[nH]n1. The maximum Gasteiger partial charge on any atom is 0.242 e. The van der Waals surface area contributed by atoms with E-state index in [1.54, 1.807) is 25.1 Å². The molecule has 8 nitrogen and oxygen atoms in total. The molecule has 0 aliphatic rings. The summed E-state index contributed by atoms with van der Waals surface area (Å²) in [7, 11) is -3.76. The molecule has 2 aromatic rings. The first-order valence-corrected chi connectivity index (χ1v) is 7.56. The molecule has 1 aromatic carbocycles. The van der Waals surface area contributed by atoms with Crippen LogP contribution in [-0.4, -0.2) is 35.6 Å². The largest absolute Gasteiger partial charge is 0.320 e. The van der Waals surface area contributed by atoms with Crippen molar-refractivity contribution in [2.45, 2.75) is 17.9 Å². The highest BCUT2D eigenvalue weighted by atomic mass is 32.2. The van der Waals surface area contributed by atoms with Crippen LogP contribution in [0.4, 0.5) is 0 Å². The van der Waals surface area contributed by atoms with E-state index in [-0.39, 0.29) is 17.3 Å². The van der Waals surface area contributed by atoms with Gasteiger partial charge in [0.1, 0.15) is 0 Å². The Balaban J connectivity index is 2.32. The highest BCUT2D eigenvalue weighted by Crippen LogP contribution is 2.17. The number of hydrogen-bond donors (Lipinski definition) is 3. The molecule has 0 bridgehead atoms. The standard InChI is InChI=1S/C12H14N6O2S/c1-9(12-14-17-18-15-12)16-21(19,20)11-7-3-2-5-10(11)6-4-8-13/h2-3,5,7,9,16H,8,13H2,1H3,(H,14,15,17,18). The molecule has 21 heavy (non-hydrogen) atoms. The van der Waals surface area contributed by atoms with Crippen molar-refractivity contribution in [1.82, 2.24) is 25.3 Å². The Morgan fingerprint density at radius 2 is 2.19 bits per heavy atom. The van der Waals surface area contributed by atoms with Gasteiger partial charge in [0.2, 0.25) is 10.0 Å². The highest BCUT2D eigenvalue weighted by Gasteiger charge is 2.22. The molecule has 0 radical (unpaired) electrons. The summed E-state index contributed by atoms with van der Waals surface area (Å²) in [5.74, 6) is 5.64. The molecule has 1 aromatic heterocycles. The predicted molar refractivity (Wildman–Crippen MR) is 75.3 cm³/mol. The minimum atomic E-state index is -3.76. The molecule has 0 aliphatic heterocycles. The van der Waals surface area contributed by atoms with Gasteiger partial charge in [-0.3, -0.25) is 0 Å². The van der Waals surface area contributed by atoms with Gasteiger partial charge in [-0.15, -0.1) is 10.2 Å². The van der Waals surface area contributed by atoms with E-state index in [1.165, 1.54) is 6.07 Å². The second-order valence-corrected chi connectivity index (χ2v) is 5.80. The van der Waals surface area contributed by atoms with E-state index in [0.717, 1.165) is 0 Å². The number of nitrogens with one attached hydrogen (secondary N) is 2. The van der Waals surface area contributed by atoms with E-state index in [0.29, 0.717) is 5.56 Å². The fourth-order valence-electron chi connectivity index (χ4n) is 1.65. The monoisotopic (exact) mass is 306 g/mol. The maximum atomic E-state index is 12.4. The molecular weight excluding hydrogens is 292 g/mol. The van der Waals surface area contributed by atoms with Gasteiger partial charge in [-0.1, -0.05) is 29.2 Å². The molecule has 1 heterocycles. The van der Waals surface area contributed by atoms with Gasteiger partial charge < -0.3 is 5.73 Å². The lowest BCUT2D eigenvalue weighted by Gasteiger charge is -2.12. The van der Waals surface area contributed by atoms with Gasteiger partial charge in [0.25, 0.3) is 0 Å². The molecule has 1 atom stereocenters. The maximum absolute atomic E-state index is 12.4. The zero-order chi connectivity index (χ0) is 15.3. The fraction of sp³-hybridized carbons (Fsp3) is 0.250. The number of rotatable bonds is 4. The summed E-state index contributed by atoms with van der Waals surface area (Å²) < 4.78 is 27.3. The first kappa shape index (κ1) is 15.1. The first-order chi connectivity index (χ1) is 10.0. The van der Waals surface area contributed by atoms with Crippen molar-refractivity contribution < 1.29 is 8.42 Å². The van der Waals surface area contributed by atoms with Crippen LogP contribution in [0.3, 0.4) is 0 Å². The van der Waals surface area contributed by atoms with E-state index < -0.39 is 16.1 Å². The number of aromatic amines is 1. The number of nitrogens with zero attached hydrogens (tertiary/aromatic N) is 3. The van der Waals surface area contributed by atoms with Crippen molar-refractivity contribution in [3.05, 3.63) is 35.7 Å². The van der Waals surface area contributed by atoms with Crippen molar-refractivity contribution >= 4 is 10.0 Å². The Morgan fingerprint density at radius 3 is 2.86 bits per heavy atom. The summed E-state index contributed by atoms with van der Waals surface area (Å²) in [6.07, 6.45) is 0. The number of aromatic nitrogens is 4. The second kappa shape index (κ2) is 6.45. The van der Waals surface area contributed by atoms with Gasteiger partial charge in [-0.05, 0) is 19.1 Å². The molecule has 0 spiro atoms. The third-order valence-electron chi connectivity index (χ3n) is 2.58. The van der Waals surface area contributed by atoms with Gasteiger partial charge in [0.15, 0.2) is 5.82 Å². The minimum Gasteiger partial charge on any atom is -0.320 e. The first-order valence-electron chi connectivity index (χ1n) is 6.08. The van der Waals surface area contributed by atoms with Gasteiger partial charge in [0, 0.05) is 5.56 Å². The predicted octanol–water partition coefficient (Wildman–Crippen LogP) is -0.451. The molecule has 0 saturated heterocycles. The Hall–Kier alpha value is -2.28. The van der Waals surface area contributed by atoms with E-state index in [9.17, 15) is 8.42 Å². The lowest BCUT2D eigenvalue weighted by Crippen LogP contribution is -2.28. The average Bonchev–Trinajstić information content (AvgIpc) is 2.99. The summed E-state index contributed by atoms with van der Waals surface area (Å²) >= 11 is 0. The van der Waals surface area contributed by atoms with Crippen LogP contribution in [0.2, 0.25) is 0 Å². The fourth-order valence-corrected chi connectivity index (χ4v) is 3.02. The molecule has 4 N–H and O–H groups in total. The van der Waals surface area contributed by atoms with E-state index in [1.807, 2.05) is 0 Å².